The van der Waals surface area contributed by atoms with E-state index in [1.54, 1.807) is 0 Å². The van der Waals surface area contributed by atoms with Gasteiger partial charge in [-0.1, -0.05) is 29.3 Å². The summed E-state index contributed by atoms with van der Waals surface area (Å²) in [6.45, 7) is 8.51. The zero-order valence-electron chi connectivity index (χ0n) is 21.5. The summed E-state index contributed by atoms with van der Waals surface area (Å²) in [5, 5.41) is 1.36. The molecule has 3 aliphatic rings. The Morgan fingerprint density at radius 2 is 1.73 bits per heavy atom. The fraction of sp³-hybridized carbons (Fsp3) is 0.571. The Balaban J connectivity index is 1.18. The maximum Gasteiger partial charge on any atom is 0.253 e. The number of nitroso groups, excluding NO2 is 1. The summed E-state index contributed by atoms with van der Waals surface area (Å²) in [6, 6.07) is 13.8. The van der Waals surface area contributed by atoms with E-state index in [0.29, 0.717) is 18.2 Å². The van der Waals surface area contributed by atoms with Crippen LogP contribution in [0.1, 0.15) is 31.2 Å². The Labute approximate surface area is 230 Å². The van der Waals surface area contributed by atoms with Crippen molar-refractivity contribution in [3.63, 3.8) is 0 Å². The van der Waals surface area contributed by atoms with Crippen LogP contribution in [0.2, 0.25) is 10.0 Å². The van der Waals surface area contributed by atoms with Gasteiger partial charge in [0.05, 0.1) is 16.5 Å². The van der Waals surface area contributed by atoms with Crippen molar-refractivity contribution in [1.82, 2.24) is 15.2 Å². The molecule has 3 heterocycles. The molecule has 0 amide bonds. The molecule has 2 atom stereocenters. The third-order valence-corrected chi connectivity index (χ3v) is 8.31. The van der Waals surface area contributed by atoms with Gasteiger partial charge in [0.2, 0.25) is 0 Å². The molecule has 1 N–H and O–H groups in total. The fourth-order valence-electron chi connectivity index (χ4n) is 5.50. The van der Waals surface area contributed by atoms with E-state index in [4.69, 9.17) is 27.9 Å². The zero-order valence-corrected chi connectivity index (χ0v) is 23.0. The van der Waals surface area contributed by atoms with Crippen LogP contribution in [0.3, 0.4) is 0 Å². The van der Waals surface area contributed by atoms with Gasteiger partial charge in [0.15, 0.2) is 0 Å². The highest BCUT2D eigenvalue weighted by atomic mass is 35.5. The van der Waals surface area contributed by atoms with E-state index in [0.717, 1.165) is 85.5 Å². The predicted octanol–water partition coefficient (Wildman–Crippen LogP) is 4.65. The molecule has 3 fully saturated rings. The van der Waals surface area contributed by atoms with E-state index in [9.17, 15) is 4.91 Å². The molecular weight excluding hydrogens is 509 g/mol. The average molecular weight is 548 g/mol. The molecule has 2 aromatic rings. The van der Waals surface area contributed by atoms with Crippen LogP contribution in [-0.4, -0.2) is 85.7 Å². The molecule has 0 bridgehead atoms. The number of halogens is 2. The largest absolute Gasteiger partial charge is 0.491 e. The van der Waals surface area contributed by atoms with Crippen LogP contribution in [0, 0.1) is 4.91 Å². The van der Waals surface area contributed by atoms with Crippen LogP contribution < -0.4 is 15.1 Å². The molecule has 0 radical (unpaired) electrons. The van der Waals surface area contributed by atoms with E-state index in [2.05, 4.69) is 26.2 Å². The number of hydrogen-bond acceptors (Lipinski definition) is 5. The van der Waals surface area contributed by atoms with Crippen molar-refractivity contribution in [2.45, 2.75) is 44.2 Å². The summed E-state index contributed by atoms with van der Waals surface area (Å²) >= 11 is 12.6. The third-order valence-electron chi connectivity index (χ3n) is 7.77. The predicted molar refractivity (Wildman–Crippen MR) is 150 cm³/mol. The summed E-state index contributed by atoms with van der Waals surface area (Å²) < 4.78 is 5.93. The second-order valence-electron chi connectivity index (χ2n) is 10.5. The van der Waals surface area contributed by atoms with E-state index in [1.807, 2.05) is 36.4 Å². The van der Waals surface area contributed by atoms with Crippen molar-refractivity contribution in [3.05, 3.63) is 63.0 Å². The fourth-order valence-corrected chi connectivity index (χ4v) is 5.88. The first-order chi connectivity index (χ1) is 18.0. The van der Waals surface area contributed by atoms with Crippen molar-refractivity contribution < 1.29 is 9.61 Å². The van der Waals surface area contributed by atoms with Gasteiger partial charge in [-0.05, 0) is 93.8 Å². The summed E-state index contributed by atoms with van der Waals surface area (Å²) in [7, 11) is 0. The average Bonchev–Trinajstić information content (AvgIpc) is 3.55. The Hall–Kier alpha value is -2.06. The summed E-state index contributed by atoms with van der Waals surface area (Å²) in [6.07, 6.45) is 5.29. The van der Waals surface area contributed by atoms with Gasteiger partial charge < -0.3 is 14.5 Å². The second kappa shape index (κ2) is 12.7. The molecule has 3 aliphatic heterocycles. The highest BCUT2D eigenvalue weighted by Gasteiger charge is 2.36. The topological polar surface area (TPSA) is 51.1 Å². The molecule has 9 heteroatoms. The van der Waals surface area contributed by atoms with Crippen molar-refractivity contribution in [3.8, 4) is 5.75 Å². The van der Waals surface area contributed by atoms with Gasteiger partial charge in [-0.2, -0.15) is 0 Å². The molecule has 37 heavy (non-hydrogen) atoms. The van der Waals surface area contributed by atoms with Crippen molar-refractivity contribution in [2.75, 3.05) is 63.9 Å². The highest BCUT2D eigenvalue weighted by Crippen LogP contribution is 2.27. The first-order valence-electron chi connectivity index (χ1n) is 13.6. The third kappa shape index (κ3) is 7.29. The van der Waals surface area contributed by atoms with Gasteiger partial charge >= 0.3 is 0 Å². The quantitative estimate of drug-likeness (QED) is 0.309. The Bertz CT molecular complexity index is 1040. The van der Waals surface area contributed by atoms with E-state index in [-0.39, 0.29) is 12.1 Å². The molecule has 2 aromatic carbocycles. The maximum atomic E-state index is 13.3. The standard InChI is InChI=1S/C28H38Cl2N5O2/c29-23-5-7-25(8-6-23)34-15-10-26(21-34)35(36)31-24(20-33-11-1-2-12-33)18-22-4-9-28(27(30)19-22)37-17-16-32-13-3-14-32/h4-9,19,24,26H,1-3,10-18,20-21H2,(H,31,36)/q+1. The lowest BCUT2D eigenvalue weighted by Gasteiger charge is -2.30. The maximum absolute atomic E-state index is 13.3. The molecule has 0 spiro atoms. The molecule has 2 unspecified atom stereocenters. The summed E-state index contributed by atoms with van der Waals surface area (Å²) in [5.74, 6) is 0.730. The van der Waals surface area contributed by atoms with E-state index in [1.165, 1.54) is 19.3 Å². The van der Waals surface area contributed by atoms with Crippen molar-refractivity contribution in [1.29, 1.82) is 0 Å². The van der Waals surface area contributed by atoms with Gasteiger partial charge in [-0.3, -0.25) is 4.90 Å². The highest BCUT2D eigenvalue weighted by molar-refractivity contribution is 6.32. The number of hydrazine groups is 1. The summed E-state index contributed by atoms with van der Waals surface area (Å²) in [4.78, 5) is 21.5. The lowest BCUT2D eigenvalue weighted by atomic mass is 10.1. The minimum Gasteiger partial charge on any atom is -0.491 e. The van der Waals surface area contributed by atoms with Crippen LogP contribution in [-0.2, 0) is 6.42 Å². The number of nitrogens with zero attached hydrogens (tertiary/aromatic N) is 4. The molecule has 0 aromatic heterocycles. The van der Waals surface area contributed by atoms with Gasteiger partial charge in [0.1, 0.15) is 23.3 Å². The minimum atomic E-state index is -0.0949. The first kappa shape index (κ1) is 26.5. The zero-order chi connectivity index (χ0) is 25.6. The minimum absolute atomic E-state index is 0.00873. The van der Waals surface area contributed by atoms with Crippen LogP contribution in [0.25, 0.3) is 0 Å². The van der Waals surface area contributed by atoms with E-state index >= 15 is 0 Å². The number of anilines is 1. The number of likely N-dealkylation sites (tertiary alicyclic amines) is 2. The van der Waals surface area contributed by atoms with Crippen LogP contribution >= 0.6 is 23.2 Å². The lowest BCUT2D eigenvalue weighted by Crippen LogP contribution is -2.49. The van der Waals surface area contributed by atoms with Gasteiger partial charge in [0.25, 0.3) is 6.04 Å². The van der Waals surface area contributed by atoms with Crippen LogP contribution in [0.4, 0.5) is 5.69 Å². The number of nitrogens with one attached hydrogen (secondary N) is 1. The molecule has 200 valence electrons. The van der Waals surface area contributed by atoms with Crippen molar-refractivity contribution >= 4 is 28.9 Å². The van der Waals surface area contributed by atoms with Gasteiger partial charge in [-0.25, -0.2) is 0 Å². The monoisotopic (exact) mass is 546 g/mol. The number of rotatable bonds is 12. The Morgan fingerprint density at radius 1 is 0.973 bits per heavy atom. The normalized spacial score (nSPS) is 21.1. The number of benzene rings is 2. The van der Waals surface area contributed by atoms with E-state index < -0.39 is 0 Å². The Kier molecular flexibility index (Phi) is 9.08. The number of ether oxygens (including phenoxy) is 1. The van der Waals surface area contributed by atoms with Crippen LogP contribution in [0.15, 0.2) is 42.5 Å². The molecule has 3 saturated heterocycles. The molecule has 0 saturated carbocycles. The molecule has 7 nitrogen and oxygen atoms in total. The SMILES string of the molecule is O=[N+](NC(Cc1ccc(OCCN2CCC2)c(Cl)c1)CN1CCCC1)C1CCN(c2ccc(Cl)cc2)C1. The molecule has 0 aliphatic carbocycles. The lowest BCUT2D eigenvalue weighted by molar-refractivity contribution is -0.642. The smallest absolute Gasteiger partial charge is 0.253 e. The Morgan fingerprint density at radius 3 is 2.43 bits per heavy atom. The second-order valence-corrected chi connectivity index (χ2v) is 11.4. The van der Waals surface area contributed by atoms with Gasteiger partial charge in [-0.15, -0.1) is 5.43 Å². The summed E-state index contributed by atoms with van der Waals surface area (Å²) in [5.41, 5.74) is 5.54. The van der Waals surface area contributed by atoms with Crippen LogP contribution in [0.5, 0.6) is 5.75 Å². The molecule has 5 rings (SSSR count). The molecular formula is C28H38Cl2N5O2+. The number of hydrogen-bond donors (Lipinski definition) is 1. The first-order valence-corrected chi connectivity index (χ1v) is 14.4. The van der Waals surface area contributed by atoms with Gasteiger partial charge in [0, 0.05) is 36.8 Å². The van der Waals surface area contributed by atoms with Crippen molar-refractivity contribution in [2.24, 2.45) is 0 Å².